The number of hydrogen-bond donors (Lipinski definition) is 1. The number of hydrogen-bond acceptors (Lipinski definition) is 5. The maximum atomic E-state index is 5.54. The van der Waals surface area contributed by atoms with Gasteiger partial charge in [0, 0.05) is 7.11 Å². The van der Waals surface area contributed by atoms with Crippen LogP contribution in [0, 0.1) is 0 Å². The van der Waals surface area contributed by atoms with Crippen LogP contribution in [0.2, 0.25) is 0 Å². The molecule has 0 fully saturated rings. The lowest BCUT2D eigenvalue weighted by molar-refractivity contribution is 0.0596. The summed E-state index contributed by atoms with van der Waals surface area (Å²) in [5.74, 6) is 1.60. The minimum atomic E-state index is 0.136. The van der Waals surface area contributed by atoms with Gasteiger partial charge in [0.05, 0.1) is 25.9 Å². The van der Waals surface area contributed by atoms with E-state index in [0.717, 1.165) is 17.1 Å². The largest absolute Gasteiger partial charge is 0.454 e. The fourth-order valence-electron chi connectivity index (χ4n) is 1.82. The number of likely N-dealkylation sites (N-methyl/N-ethyl adjacent to an activating group) is 1. The van der Waals surface area contributed by atoms with E-state index in [1.807, 2.05) is 25.2 Å². The van der Waals surface area contributed by atoms with E-state index in [4.69, 9.17) is 18.9 Å². The van der Waals surface area contributed by atoms with E-state index in [2.05, 4.69) is 5.32 Å². The topological polar surface area (TPSA) is 49.0 Å². The molecule has 0 radical (unpaired) electrons. The second-order valence-electron chi connectivity index (χ2n) is 4.02. The Hall–Kier alpha value is -1.30. The maximum absolute atomic E-state index is 5.54. The van der Waals surface area contributed by atoms with Crippen molar-refractivity contribution in [2.75, 3.05) is 40.8 Å². The third-order valence-corrected chi connectivity index (χ3v) is 2.86. The Kier molecular flexibility index (Phi) is 4.81. The fourth-order valence-corrected chi connectivity index (χ4v) is 1.82. The average Bonchev–Trinajstić information content (AvgIpc) is 2.86. The third kappa shape index (κ3) is 3.13. The third-order valence-electron chi connectivity index (χ3n) is 2.86. The summed E-state index contributed by atoms with van der Waals surface area (Å²) < 4.78 is 21.1. The zero-order valence-electron chi connectivity index (χ0n) is 10.8. The van der Waals surface area contributed by atoms with Crippen molar-refractivity contribution < 1.29 is 18.9 Å². The molecule has 0 aliphatic carbocycles. The van der Waals surface area contributed by atoms with Gasteiger partial charge in [-0.05, 0) is 24.7 Å². The number of nitrogens with one attached hydrogen (secondary N) is 1. The molecule has 1 N–H and O–H groups in total. The van der Waals surface area contributed by atoms with Gasteiger partial charge in [0.25, 0.3) is 0 Å². The maximum Gasteiger partial charge on any atom is 0.231 e. The minimum Gasteiger partial charge on any atom is -0.454 e. The molecule has 2 rings (SSSR count). The van der Waals surface area contributed by atoms with Crippen molar-refractivity contribution >= 4 is 0 Å². The number of benzene rings is 1. The highest BCUT2D eigenvalue weighted by Gasteiger charge is 2.17. The molecule has 1 aliphatic heterocycles. The number of ether oxygens (including phenoxy) is 4. The van der Waals surface area contributed by atoms with Crippen LogP contribution in [-0.2, 0) is 9.47 Å². The van der Waals surface area contributed by atoms with Gasteiger partial charge >= 0.3 is 0 Å². The molecule has 18 heavy (non-hydrogen) atoms. The lowest BCUT2D eigenvalue weighted by Crippen LogP contribution is -2.22. The molecule has 1 aromatic rings. The van der Waals surface area contributed by atoms with Crippen LogP contribution in [0.15, 0.2) is 18.2 Å². The van der Waals surface area contributed by atoms with Crippen molar-refractivity contribution in [1.82, 2.24) is 5.32 Å². The first-order valence-corrected chi connectivity index (χ1v) is 5.98. The summed E-state index contributed by atoms with van der Waals surface area (Å²) in [5, 5.41) is 3.22. The summed E-state index contributed by atoms with van der Waals surface area (Å²) in [6, 6.07) is 6.07. The highest BCUT2D eigenvalue weighted by molar-refractivity contribution is 5.45. The highest BCUT2D eigenvalue weighted by Crippen LogP contribution is 2.34. The van der Waals surface area contributed by atoms with Crippen LogP contribution in [0.1, 0.15) is 11.6 Å². The molecule has 0 spiro atoms. The van der Waals surface area contributed by atoms with Crippen LogP contribution >= 0.6 is 0 Å². The van der Waals surface area contributed by atoms with Gasteiger partial charge in [0.1, 0.15) is 0 Å². The normalized spacial score (nSPS) is 14.8. The van der Waals surface area contributed by atoms with E-state index < -0.39 is 0 Å². The van der Waals surface area contributed by atoms with Crippen LogP contribution in [0.25, 0.3) is 0 Å². The molecule has 5 heteroatoms. The van der Waals surface area contributed by atoms with Crippen LogP contribution in [0.5, 0.6) is 11.5 Å². The fraction of sp³-hybridized carbons (Fsp3) is 0.538. The highest BCUT2D eigenvalue weighted by atomic mass is 16.7. The van der Waals surface area contributed by atoms with E-state index in [1.165, 1.54) is 0 Å². The Balaban J connectivity index is 1.94. The molecule has 100 valence electrons. The SMILES string of the molecule is CNC(COCCOC)c1ccc2c(c1)OCO2. The number of methoxy groups -OCH3 is 1. The van der Waals surface area contributed by atoms with E-state index in [0.29, 0.717) is 26.6 Å². The Bertz CT molecular complexity index is 383. The molecule has 1 atom stereocenters. The van der Waals surface area contributed by atoms with E-state index in [9.17, 15) is 0 Å². The summed E-state index contributed by atoms with van der Waals surface area (Å²) in [5.41, 5.74) is 1.12. The zero-order valence-corrected chi connectivity index (χ0v) is 10.8. The molecule has 1 heterocycles. The summed E-state index contributed by atoms with van der Waals surface area (Å²) in [4.78, 5) is 0. The van der Waals surface area contributed by atoms with Gasteiger partial charge in [-0.25, -0.2) is 0 Å². The van der Waals surface area contributed by atoms with Gasteiger partial charge < -0.3 is 24.3 Å². The second-order valence-corrected chi connectivity index (χ2v) is 4.02. The molecular formula is C13H19NO4. The Morgan fingerprint density at radius 3 is 2.89 bits per heavy atom. The van der Waals surface area contributed by atoms with Crippen molar-refractivity contribution in [2.45, 2.75) is 6.04 Å². The second kappa shape index (κ2) is 6.58. The van der Waals surface area contributed by atoms with E-state index in [1.54, 1.807) is 7.11 Å². The molecule has 0 saturated heterocycles. The van der Waals surface area contributed by atoms with Gasteiger partial charge in [0.15, 0.2) is 11.5 Å². The van der Waals surface area contributed by atoms with Crippen LogP contribution in [0.4, 0.5) is 0 Å². The molecular weight excluding hydrogens is 234 g/mol. The van der Waals surface area contributed by atoms with E-state index >= 15 is 0 Å². The van der Waals surface area contributed by atoms with Crippen molar-refractivity contribution in [2.24, 2.45) is 0 Å². The van der Waals surface area contributed by atoms with Crippen molar-refractivity contribution in [1.29, 1.82) is 0 Å². The van der Waals surface area contributed by atoms with Crippen LogP contribution in [-0.4, -0.2) is 40.8 Å². The zero-order chi connectivity index (χ0) is 12.8. The van der Waals surface area contributed by atoms with Gasteiger partial charge in [-0.15, -0.1) is 0 Å². The van der Waals surface area contributed by atoms with Crippen LogP contribution in [0.3, 0.4) is 0 Å². The lowest BCUT2D eigenvalue weighted by atomic mass is 10.1. The standard InChI is InChI=1S/C13H19NO4/c1-14-11(8-16-6-5-15-2)10-3-4-12-13(7-10)18-9-17-12/h3-4,7,11,14H,5-6,8-9H2,1-2H3. The van der Waals surface area contributed by atoms with Crippen molar-refractivity contribution in [3.8, 4) is 11.5 Å². The molecule has 1 aliphatic rings. The predicted octanol–water partition coefficient (Wildman–Crippen LogP) is 1.34. The minimum absolute atomic E-state index is 0.136. The Labute approximate surface area is 107 Å². The summed E-state index contributed by atoms with van der Waals surface area (Å²) in [6.07, 6.45) is 0. The summed E-state index contributed by atoms with van der Waals surface area (Å²) in [6.45, 7) is 2.10. The van der Waals surface area contributed by atoms with Gasteiger partial charge in [-0.1, -0.05) is 6.07 Å². The monoisotopic (exact) mass is 253 g/mol. The molecule has 0 aromatic heterocycles. The summed E-state index contributed by atoms with van der Waals surface area (Å²) >= 11 is 0. The molecule has 1 unspecified atom stereocenters. The van der Waals surface area contributed by atoms with Gasteiger partial charge in [-0.3, -0.25) is 0 Å². The van der Waals surface area contributed by atoms with Gasteiger partial charge in [-0.2, -0.15) is 0 Å². The van der Waals surface area contributed by atoms with Crippen LogP contribution < -0.4 is 14.8 Å². The first-order chi connectivity index (χ1) is 8.85. The molecule has 5 nitrogen and oxygen atoms in total. The predicted molar refractivity (Wildman–Crippen MR) is 67.1 cm³/mol. The molecule has 0 amide bonds. The lowest BCUT2D eigenvalue weighted by Gasteiger charge is -2.17. The Morgan fingerprint density at radius 1 is 1.28 bits per heavy atom. The first-order valence-electron chi connectivity index (χ1n) is 5.98. The number of fused-ring (bicyclic) bond motifs is 1. The van der Waals surface area contributed by atoms with Gasteiger partial charge in [0.2, 0.25) is 6.79 Å². The molecule has 0 bridgehead atoms. The van der Waals surface area contributed by atoms with Crippen molar-refractivity contribution in [3.05, 3.63) is 23.8 Å². The molecule has 1 aromatic carbocycles. The quantitative estimate of drug-likeness (QED) is 0.743. The number of rotatable bonds is 7. The first kappa shape index (κ1) is 13.1. The van der Waals surface area contributed by atoms with E-state index in [-0.39, 0.29) is 6.04 Å². The van der Waals surface area contributed by atoms with Crippen molar-refractivity contribution in [3.63, 3.8) is 0 Å². The summed E-state index contributed by atoms with van der Waals surface area (Å²) in [7, 11) is 3.58. The smallest absolute Gasteiger partial charge is 0.231 e. The Morgan fingerprint density at radius 2 is 2.11 bits per heavy atom. The molecule has 0 saturated carbocycles. The average molecular weight is 253 g/mol.